The molecule has 1 amide bonds. The first-order chi connectivity index (χ1) is 8.20. The van der Waals surface area contributed by atoms with Crippen LogP contribution in [0.3, 0.4) is 0 Å². The quantitative estimate of drug-likeness (QED) is 0.862. The molecule has 1 atom stereocenters. The van der Waals surface area contributed by atoms with Crippen LogP contribution in [0.4, 0.5) is 0 Å². The Bertz CT molecular complexity index is 429. The molecule has 0 aliphatic heterocycles. The van der Waals surface area contributed by atoms with Crippen molar-refractivity contribution in [1.82, 2.24) is 5.32 Å². The molecule has 0 heterocycles. The van der Waals surface area contributed by atoms with Crippen LogP contribution in [0, 0.1) is 17.2 Å². The van der Waals surface area contributed by atoms with Crippen molar-refractivity contribution in [2.75, 3.05) is 0 Å². The van der Waals surface area contributed by atoms with E-state index in [4.69, 9.17) is 5.26 Å². The van der Waals surface area contributed by atoms with Gasteiger partial charge in [0.1, 0.15) is 5.92 Å². The Morgan fingerprint density at radius 2 is 2.06 bits per heavy atom. The Balaban J connectivity index is 1.99. The molecule has 1 saturated carbocycles. The van der Waals surface area contributed by atoms with Crippen LogP contribution >= 0.6 is 0 Å². The van der Waals surface area contributed by atoms with Gasteiger partial charge in [-0.15, -0.1) is 0 Å². The molecule has 3 heteroatoms. The smallest absolute Gasteiger partial charge is 0.242 e. The largest absolute Gasteiger partial charge is 0.352 e. The third kappa shape index (κ3) is 2.65. The Morgan fingerprint density at radius 3 is 2.59 bits per heavy atom. The number of nitriles is 1. The molecule has 1 fully saturated rings. The van der Waals surface area contributed by atoms with Gasteiger partial charge < -0.3 is 5.32 Å². The van der Waals surface area contributed by atoms with Gasteiger partial charge in [-0.2, -0.15) is 5.26 Å². The first-order valence-corrected chi connectivity index (χ1v) is 5.95. The van der Waals surface area contributed by atoms with Gasteiger partial charge in [0.15, 0.2) is 0 Å². The van der Waals surface area contributed by atoms with E-state index in [9.17, 15) is 4.79 Å². The summed E-state index contributed by atoms with van der Waals surface area (Å²) in [7, 11) is 0. The molecule has 0 aromatic heterocycles. The summed E-state index contributed by atoms with van der Waals surface area (Å²) >= 11 is 0. The highest BCUT2D eigenvalue weighted by Crippen LogP contribution is 2.27. The minimum atomic E-state index is -0.688. The van der Waals surface area contributed by atoms with Crippen LogP contribution in [-0.4, -0.2) is 11.9 Å². The van der Waals surface area contributed by atoms with Crippen LogP contribution in [0.1, 0.15) is 31.2 Å². The fourth-order valence-corrected chi connectivity index (χ4v) is 2.23. The maximum atomic E-state index is 12.0. The van der Waals surface area contributed by atoms with Gasteiger partial charge in [0.2, 0.25) is 5.91 Å². The second-order valence-corrected chi connectivity index (χ2v) is 4.75. The van der Waals surface area contributed by atoms with Crippen molar-refractivity contribution in [1.29, 1.82) is 5.26 Å². The number of rotatable bonds is 3. The van der Waals surface area contributed by atoms with Crippen molar-refractivity contribution < 1.29 is 4.79 Å². The number of carbonyl (C=O) groups excluding carboxylic acids is 1. The van der Waals surface area contributed by atoms with Crippen LogP contribution in [0.15, 0.2) is 30.3 Å². The average molecular weight is 228 g/mol. The maximum Gasteiger partial charge on any atom is 0.242 e. The van der Waals surface area contributed by atoms with E-state index in [0.29, 0.717) is 5.92 Å². The zero-order chi connectivity index (χ0) is 12.3. The van der Waals surface area contributed by atoms with Crippen molar-refractivity contribution in [2.24, 2.45) is 5.92 Å². The molecule has 88 valence electrons. The zero-order valence-electron chi connectivity index (χ0n) is 9.89. The summed E-state index contributed by atoms with van der Waals surface area (Å²) in [5, 5.41) is 12.0. The number of nitrogens with one attached hydrogen (secondary N) is 1. The van der Waals surface area contributed by atoms with E-state index in [-0.39, 0.29) is 11.9 Å². The highest BCUT2D eigenvalue weighted by atomic mass is 16.1. The predicted octanol–water partition coefficient (Wildman–Crippen LogP) is 2.21. The molecule has 1 aliphatic carbocycles. The van der Waals surface area contributed by atoms with Crippen molar-refractivity contribution in [2.45, 2.75) is 31.7 Å². The number of carbonyl (C=O) groups is 1. The summed E-state index contributed by atoms with van der Waals surface area (Å²) in [6, 6.07) is 11.5. The van der Waals surface area contributed by atoms with Gasteiger partial charge in [0.05, 0.1) is 6.07 Å². The highest BCUT2D eigenvalue weighted by Gasteiger charge is 2.29. The second-order valence-electron chi connectivity index (χ2n) is 4.75. The van der Waals surface area contributed by atoms with Crippen molar-refractivity contribution in [3.05, 3.63) is 35.9 Å². The van der Waals surface area contributed by atoms with E-state index in [0.717, 1.165) is 18.4 Å². The fraction of sp³-hybridized carbons (Fsp3) is 0.429. The number of nitrogens with zero attached hydrogens (tertiary/aromatic N) is 1. The molecule has 1 N–H and O–H groups in total. The topological polar surface area (TPSA) is 52.9 Å². The van der Waals surface area contributed by atoms with Crippen LogP contribution in [-0.2, 0) is 4.79 Å². The van der Waals surface area contributed by atoms with Gasteiger partial charge in [-0.1, -0.05) is 37.3 Å². The molecule has 0 radical (unpaired) electrons. The molecular weight excluding hydrogens is 212 g/mol. The van der Waals surface area contributed by atoms with Gasteiger partial charge in [0.25, 0.3) is 0 Å². The van der Waals surface area contributed by atoms with E-state index >= 15 is 0 Å². The third-order valence-corrected chi connectivity index (χ3v) is 3.24. The van der Waals surface area contributed by atoms with Gasteiger partial charge in [-0.05, 0) is 24.3 Å². The minimum Gasteiger partial charge on any atom is -0.352 e. The molecule has 2 rings (SSSR count). The summed E-state index contributed by atoms with van der Waals surface area (Å²) in [4.78, 5) is 12.0. The van der Waals surface area contributed by atoms with Crippen LogP contribution in [0.5, 0.6) is 0 Å². The van der Waals surface area contributed by atoms with Gasteiger partial charge in [0, 0.05) is 6.04 Å². The Labute approximate surface area is 101 Å². The maximum absolute atomic E-state index is 12.0. The third-order valence-electron chi connectivity index (χ3n) is 3.24. The van der Waals surface area contributed by atoms with Crippen LogP contribution in [0.2, 0.25) is 0 Å². The average Bonchev–Trinajstić information content (AvgIpc) is 2.29. The first-order valence-electron chi connectivity index (χ1n) is 5.95. The van der Waals surface area contributed by atoms with Crippen molar-refractivity contribution >= 4 is 5.91 Å². The highest BCUT2D eigenvalue weighted by molar-refractivity contribution is 5.86. The SMILES string of the molecule is CC1CC(NC(=O)C(C#N)c2ccccc2)C1. The predicted molar refractivity (Wildman–Crippen MR) is 65.1 cm³/mol. The van der Waals surface area contributed by atoms with E-state index in [1.165, 1.54) is 0 Å². The summed E-state index contributed by atoms with van der Waals surface area (Å²) in [6.45, 7) is 2.17. The number of benzene rings is 1. The molecule has 1 aromatic carbocycles. The molecule has 17 heavy (non-hydrogen) atoms. The van der Waals surface area contributed by atoms with Gasteiger partial charge in [-0.3, -0.25) is 4.79 Å². The Hall–Kier alpha value is -1.82. The molecule has 1 aliphatic rings. The molecule has 1 aromatic rings. The lowest BCUT2D eigenvalue weighted by Gasteiger charge is -2.33. The molecular formula is C14H16N2O. The molecule has 3 nitrogen and oxygen atoms in total. The standard InChI is InChI=1S/C14H16N2O/c1-10-7-12(8-10)16-14(17)13(9-15)11-5-3-2-4-6-11/h2-6,10,12-13H,7-8H2,1H3,(H,16,17). The summed E-state index contributed by atoms with van der Waals surface area (Å²) < 4.78 is 0. The van der Waals surface area contributed by atoms with Crippen LogP contribution in [0.25, 0.3) is 0 Å². The summed E-state index contributed by atoms with van der Waals surface area (Å²) in [6.07, 6.45) is 2.05. The Kier molecular flexibility index (Phi) is 3.43. The normalized spacial score (nSPS) is 24.2. The zero-order valence-corrected chi connectivity index (χ0v) is 9.89. The second kappa shape index (κ2) is 5.01. The molecule has 0 bridgehead atoms. The summed E-state index contributed by atoms with van der Waals surface area (Å²) in [5.41, 5.74) is 0.764. The minimum absolute atomic E-state index is 0.171. The lowest BCUT2D eigenvalue weighted by molar-refractivity contribution is -0.122. The fourth-order valence-electron chi connectivity index (χ4n) is 2.23. The molecule has 0 saturated heterocycles. The van der Waals surface area contributed by atoms with Crippen LogP contribution < -0.4 is 5.32 Å². The summed E-state index contributed by atoms with van der Waals surface area (Å²) in [5.74, 6) is -0.166. The number of hydrogen-bond donors (Lipinski definition) is 1. The number of hydrogen-bond acceptors (Lipinski definition) is 2. The van der Waals surface area contributed by atoms with E-state index < -0.39 is 5.92 Å². The number of amides is 1. The van der Waals surface area contributed by atoms with Gasteiger partial charge >= 0.3 is 0 Å². The lowest BCUT2D eigenvalue weighted by Crippen LogP contribution is -2.45. The van der Waals surface area contributed by atoms with E-state index in [1.54, 1.807) is 0 Å². The monoisotopic (exact) mass is 228 g/mol. The van der Waals surface area contributed by atoms with E-state index in [1.807, 2.05) is 30.3 Å². The van der Waals surface area contributed by atoms with Crippen molar-refractivity contribution in [3.63, 3.8) is 0 Å². The molecule has 0 spiro atoms. The first kappa shape index (κ1) is 11.7. The Morgan fingerprint density at radius 1 is 1.41 bits per heavy atom. The van der Waals surface area contributed by atoms with E-state index in [2.05, 4.69) is 18.3 Å². The van der Waals surface area contributed by atoms with Gasteiger partial charge in [-0.25, -0.2) is 0 Å². The molecule has 1 unspecified atom stereocenters. The van der Waals surface area contributed by atoms with Crippen molar-refractivity contribution in [3.8, 4) is 6.07 Å². The lowest BCUT2D eigenvalue weighted by atomic mass is 9.81.